The topological polar surface area (TPSA) is 37.8 Å². The third-order valence-corrected chi connectivity index (χ3v) is 5.21. The molecule has 0 saturated heterocycles. The van der Waals surface area contributed by atoms with Gasteiger partial charge >= 0.3 is 0 Å². The van der Waals surface area contributed by atoms with E-state index in [1.807, 2.05) is 18.3 Å². The van der Waals surface area contributed by atoms with Crippen molar-refractivity contribution < 1.29 is 0 Å². The number of halogens is 1. The Kier molecular flexibility index (Phi) is 4.72. The Hall–Kier alpha value is -0.780. The van der Waals surface area contributed by atoms with E-state index in [-0.39, 0.29) is 0 Å². The van der Waals surface area contributed by atoms with Gasteiger partial charge in [0.05, 0.1) is 5.69 Å². The average molecular weight is 366 g/mol. The van der Waals surface area contributed by atoms with Gasteiger partial charge in [0.1, 0.15) is 10.7 Å². The molecule has 1 aliphatic rings. The van der Waals surface area contributed by atoms with Crippen molar-refractivity contribution in [3.63, 3.8) is 0 Å². The van der Waals surface area contributed by atoms with Crippen LogP contribution in [0.1, 0.15) is 37.3 Å². The first-order valence-electron chi connectivity index (χ1n) is 7.46. The van der Waals surface area contributed by atoms with Gasteiger partial charge in [-0.2, -0.15) is 0 Å². The number of nitrogens with one attached hydrogen (secondary N) is 1. The number of aromatic nitrogens is 2. The Morgan fingerprint density at radius 1 is 1.43 bits per heavy atom. The van der Waals surface area contributed by atoms with E-state index in [1.165, 1.54) is 23.4 Å². The third kappa shape index (κ3) is 3.90. The highest BCUT2D eigenvalue weighted by atomic mass is 79.9. The maximum atomic E-state index is 4.87. The maximum Gasteiger partial charge on any atom is 0.143 e. The summed E-state index contributed by atoms with van der Waals surface area (Å²) in [5, 5.41) is 4.62. The lowest BCUT2D eigenvalue weighted by atomic mass is 10.1. The zero-order chi connectivity index (χ0) is 14.8. The molecular weight excluding hydrogens is 346 g/mol. The van der Waals surface area contributed by atoms with E-state index in [1.54, 1.807) is 11.3 Å². The molecule has 1 N–H and O–H groups in total. The molecule has 3 rings (SSSR count). The minimum Gasteiger partial charge on any atom is -0.309 e. The Balaban J connectivity index is 1.88. The van der Waals surface area contributed by atoms with E-state index in [2.05, 4.69) is 40.1 Å². The highest BCUT2D eigenvalue weighted by Crippen LogP contribution is 2.33. The molecule has 1 fully saturated rings. The van der Waals surface area contributed by atoms with E-state index < -0.39 is 0 Å². The van der Waals surface area contributed by atoms with Gasteiger partial charge < -0.3 is 5.32 Å². The molecule has 112 valence electrons. The van der Waals surface area contributed by atoms with Crippen LogP contribution >= 0.6 is 27.3 Å². The Morgan fingerprint density at radius 2 is 2.24 bits per heavy atom. The zero-order valence-corrected chi connectivity index (χ0v) is 14.8. The van der Waals surface area contributed by atoms with Crippen molar-refractivity contribution >= 4 is 27.3 Å². The molecule has 3 nitrogen and oxygen atoms in total. The fraction of sp³-hybridized carbons (Fsp3) is 0.500. The van der Waals surface area contributed by atoms with Crippen molar-refractivity contribution in [1.29, 1.82) is 0 Å². The van der Waals surface area contributed by atoms with Crippen molar-refractivity contribution in [2.24, 2.45) is 5.92 Å². The smallest absolute Gasteiger partial charge is 0.143 e. The Bertz CT molecular complexity index is 620. The largest absolute Gasteiger partial charge is 0.309 e. The van der Waals surface area contributed by atoms with Crippen LogP contribution in [0.2, 0.25) is 0 Å². The second-order valence-electron chi connectivity index (χ2n) is 5.98. The fourth-order valence-electron chi connectivity index (χ4n) is 2.24. The van der Waals surface area contributed by atoms with E-state index in [0.29, 0.717) is 5.92 Å². The maximum absolute atomic E-state index is 4.87. The molecule has 0 aliphatic heterocycles. The van der Waals surface area contributed by atoms with Crippen molar-refractivity contribution in [2.75, 3.05) is 0 Å². The molecule has 0 amide bonds. The number of thiazole rings is 1. The summed E-state index contributed by atoms with van der Waals surface area (Å²) < 4.78 is 1.01. The second kappa shape index (κ2) is 6.55. The first-order valence-corrected chi connectivity index (χ1v) is 9.07. The van der Waals surface area contributed by atoms with Gasteiger partial charge in [-0.3, -0.25) is 4.98 Å². The molecule has 1 aliphatic carbocycles. The standard InChI is InChI=1S/C16H20BrN3S/c1-10(2)8-13-14(9-19-11-5-6-11)21-16(20-13)15-12(17)4-3-7-18-15/h3-4,7,10-11,19H,5-6,8-9H2,1-2H3. The predicted molar refractivity (Wildman–Crippen MR) is 91.4 cm³/mol. The van der Waals surface area contributed by atoms with E-state index in [4.69, 9.17) is 4.98 Å². The Morgan fingerprint density at radius 3 is 2.90 bits per heavy atom. The molecule has 2 aromatic rings. The molecule has 21 heavy (non-hydrogen) atoms. The molecule has 0 aromatic carbocycles. The molecule has 0 atom stereocenters. The highest BCUT2D eigenvalue weighted by Gasteiger charge is 2.22. The molecule has 0 radical (unpaired) electrons. The summed E-state index contributed by atoms with van der Waals surface area (Å²) in [6.07, 6.45) is 5.49. The van der Waals surface area contributed by atoms with Crippen molar-refractivity contribution in [2.45, 2.75) is 45.7 Å². The number of hydrogen-bond donors (Lipinski definition) is 1. The van der Waals surface area contributed by atoms with Crippen LogP contribution in [0.3, 0.4) is 0 Å². The van der Waals surface area contributed by atoms with Crippen LogP contribution in [0.15, 0.2) is 22.8 Å². The quantitative estimate of drug-likeness (QED) is 0.823. The van der Waals surface area contributed by atoms with Crippen LogP contribution in [0.25, 0.3) is 10.7 Å². The van der Waals surface area contributed by atoms with Crippen LogP contribution in [-0.4, -0.2) is 16.0 Å². The third-order valence-electron chi connectivity index (χ3n) is 3.47. The molecule has 0 spiro atoms. The second-order valence-corrected chi connectivity index (χ2v) is 7.91. The van der Waals surface area contributed by atoms with Gasteiger partial charge in [-0.1, -0.05) is 13.8 Å². The first-order chi connectivity index (χ1) is 10.1. The summed E-state index contributed by atoms with van der Waals surface area (Å²) in [6, 6.07) is 4.68. The van der Waals surface area contributed by atoms with Crippen molar-refractivity contribution in [3.05, 3.63) is 33.4 Å². The fourth-order valence-corrected chi connectivity index (χ4v) is 3.86. The van der Waals surface area contributed by atoms with Crippen LogP contribution in [0, 0.1) is 5.92 Å². The summed E-state index contributed by atoms with van der Waals surface area (Å²) in [4.78, 5) is 10.7. The van der Waals surface area contributed by atoms with Crippen molar-refractivity contribution in [3.8, 4) is 10.7 Å². The minimum absolute atomic E-state index is 0.617. The molecule has 1 saturated carbocycles. The van der Waals surface area contributed by atoms with Gasteiger partial charge in [0.2, 0.25) is 0 Å². The van der Waals surface area contributed by atoms with Crippen LogP contribution in [0.5, 0.6) is 0 Å². The van der Waals surface area contributed by atoms with Crippen LogP contribution in [0.4, 0.5) is 0 Å². The number of hydrogen-bond acceptors (Lipinski definition) is 4. The van der Waals surface area contributed by atoms with Crippen LogP contribution in [-0.2, 0) is 13.0 Å². The molecule has 0 bridgehead atoms. The minimum atomic E-state index is 0.617. The van der Waals surface area contributed by atoms with Gasteiger partial charge in [0.15, 0.2) is 0 Å². The molecule has 2 heterocycles. The summed E-state index contributed by atoms with van der Waals surface area (Å²) in [6.45, 7) is 5.43. The molecule has 0 unspecified atom stereocenters. The summed E-state index contributed by atoms with van der Waals surface area (Å²) in [7, 11) is 0. The highest BCUT2D eigenvalue weighted by molar-refractivity contribution is 9.10. The normalized spacial score (nSPS) is 14.9. The van der Waals surface area contributed by atoms with Gasteiger partial charge in [0, 0.05) is 28.1 Å². The lowest BCUT2D eigenvalue weighted by Crippen LogP contribution is -2.15. The molecule has 2 aromatic heterocycles. The average Bonchev–Trinajstić information content (AvgIpc) is 3.19. The van der Waals surface area contributed by atoms with E-state index in [9.17, 15) is 0 Å². The summed E-state index contributed by atoms with van der Waals surface area (Å²) >= 11 is 5.35. The SMILES string of the molecule is CC(C)Cc1nc(-c2ncccc2Br)sc1CNC1CC1. The number of nitrogens with zero attached hydrogens (tertiary/aromatic N) is 2. The lowest BCUT2D eigenvalue weighted by molar-refractivity contribution is 0.624. The molecule has 5 heteroatoms. The van der Waals surface area contributed by atoms with E-state index in [0.717, 1.165) is 34.2 Å². The lowest BCUT2D eigenvalue weighted by Gasteiger charge is -2.05. The molecular formula is C16H20BrN3S. The monoisotopic (exact) mass is 365 g/mol. The first kappa shape index (κ1) is 15.1. The number of rotatable bonds is 6. The van der Waals surface area contributed by atoms with E-state index >= 15 is 0 Å². The van der Waals surface area contributed by atoms with Gasteiger partial charge in [-0.15, -0.1) is 11.3 Å². The predicted octanol–water partition coefficient (Wildman–Crippen LogP) is 4.42. The van der Waals surface area contributed by atoms with Crippen LogP contribution < -0.4 is 5.32 Å². The summed E-state index contributed by atoms with van der Waals surface area (Å²) in [5.41, 5.74) is 2.18. The van der Waals surface area contributed by atoms with Gasteiger partial charge in [-0.05, 0) is 53.2 Å². The Labute approximate surface area is 138 Å². The summed E-state index contributed by atoms with van der Waals surface area (Å²) in [5.74, 6) is 0.617. The zero-order valence-electron chi connectivity index (χ0n) is 12.4. The van der Waals surface area contributed by atoms with Gasteiger partial charge in [-0.25, -0.2) is 4.98 Å². The van der Waals surface area contributed by atoms with Gasteiger partial charge in [0.25, 0.3) is 0 Å². The van der Waals surface area contributed by atoms with Crippen molar-refractivity contribution in [1.82, 2.24) is 15.3 Å². The number of pyridine rings is 1.